The minimum Gasteiger partial charge on any atom is -0.444 e. The summed E-state index contributed by atoms with van der Waals surface area (Å²) in [6.07, 6.45) is -0.520. The Balaban J connectivity index is 2.64. The lowest BCUT2D eigenvalue weighted by atomic mass is 10.2. The Morgan fingerprint density at radius 2 is 1.95 bits per heavy atom. The minimum absolute atomic E-state index is 0.0502. The molecule has 19 heavy (non-hydrogen) atoms. The number of ketones is 1. The quantitative estimate of drug-likeness (QED) is 0.787. The van der Waals surface area contributed by atoms with Gasteiger partial charge in [-0.15, -0.1) is 0 Å². The zero-order valence-electron chi connectivity index (χ0n) is 12.1. The number of hydrogen-bond donors (Lipinski definition) is 0. The van der Waals surface area contributed by atoms with Gasteiger partial charge in [0.2, 0.25) is 5.78 Å². The highest BCUT2D eigenvalue weighted by Crippen LogP contribution is 2.09. The number of aryl methyl sites for hydroxylation is 1. The molecule has 0 atom stereocenters. The third-order valence-corrected chi connectivity index (χ3v) is 2.26. The van der Waals surface area contributed by atoms with Crippen LogP contribution in [0.2, 0.25) is 0 Å². The SMILES string of the molecule is Cc1cccc(C(=O)CN(C)C(=O)OC(C)(C)C)n1. The van der Waals surface area contributed by atoms with E-state index in [1.165, 1.54) is 11.9 Å². The summed E-state index contributed by atoms with van der Waals surface area (Å²) in [7, 11) is 1.53. The van der Waals surface area contributed by atoms with Crippen molar-refractivity contribution in [1.29, 1.82) is 0 Å². The molecule has 0 saturated heterocycles. The Morgan fingerprint density at radius 3 is 2.47 bits per heavy atom. The van der Waals surface area contributed by atoms with Crippen molar-refractivity contribution < 1.29 is 14.3 Å². The fraction of sp³-hybridized carbons (Fsp3) is 0.500. The molecule has 0 bridgehead atoms. The van der Waals surface area contributed by atoms with Crippen LogP contribution in [-0.2, 0) is 4.74 Å². The maximum Gasteiger partial charge on any atom is 0.410 e. The fourth-order valence-electron chi connectivity index (χ4n) is 1.40. The van der Waals surface area contributed by atoms with Crippen LogP contribution in [0.3, 0.4) is 0 Å². The van der Waals surface area contributed by atoms with E-state index in [4.69, 9.17) is 4.74 Å². The van der Waals surface area contributed by atoms with Crippen molar-refractivity contribution in [1.82, 2.24) is 9.88 Å². The molecule has 0 aliphatic heterocycles. The van der Waals surface area contributed by atoms with E-state index < -0.39 is 11.7 Å². The largest absolute Gasteiger partial charge is 0.444 e. The topological polar surface area (TPSA) is 59.5 Å². The van der Waals surface area contributed by atoms with E-state index in [9.17, 15) is 9.59 Å². The number of carbonyl (C=O) groups excluding carboxylic acids is 2. The third-order valence-electron chi connectivity index (χ3n) is 2.26. The Bertz CT molecular complexity index is 478. The van der Waals surface area contributed by atoms with Crippen LogP contribution in [-0.4, -0.2) is 41.0 Å². The van der Waals surface area contributed by atoms with Crippen molar-refractivity contribution in [2.45, 2.75) is 33.3 Å². The van der Waals surface area contributed by atoms with E-state index >= 15 is 0 Å². The van der Waals surface area contributed by atoms with E-state index in [1.807, 2.05) is 13.0 Å². The number of Topliss-reactive ketones (excluding diaryl/α,β-unsaturated/α-hetero) is 1. The molecule has 5 heteroatoms. The number of carbonyl (C=O) groups is 2. The van der Waals surface area contributed by atoms with Gasteiger partial charge in [-0.05, 0) is 39.8 Å². The van der Waals surface area contributed by atoms with Crippen LogP contribution >= 0.6 is 0 Å². The first-order valence-electron chi connectivity index (χ1n) is 6.10. The lowest BCUT2D eigenvalue weighted by Gasteiger charge is -2.24. The van der Waals surface area contributed by atoms with E-state index in [-0.39, 0.29) is 12.3 Å². The molecular weight excluding hydrogens is 244 g/mol. The normalized spacial score (nSPS) is 11.0. The standard InChI is InChI=1S/C14H20N2O3/c1-10-7-6-8-11(15-10)12(17)9-16(5)13(18)19-14(2,3)4/h6-8H,9H2,1-5H3. The molecule has 0 unspecified atom stereocenters. The molecule has 0 fully saturated rings. The Labute approximate surface area is 113 Å². The minimum atomic E-state index is -0.573. The van der Waals surface area contributed by atoms with Crippen LogP contribution in [0.5, 0.6) is 0 Å². The van der Waals surface area contributed by atoms with E-state index in [2.05, 4.69) is 4.98 Å². The van der Waals surface area contributed by atoms with Crippen LogP contribution < -0.4 is 0 Å². The molecule has 104 valence electrons. The number of likely N-dealkylation sites (N-methyl/N-ethyl adjacent to an activating group) is 1. The second-order valence-corrected chi connectivity index (χ2v) is 5.42. The number of amides is 1. The monoisotopic (exact) mass is 264 g/mol. The van der Waals surface area contributed by atoms with Crippen LogP contribution in [0, 0.1) is 6.92 Å². The summed E-state index contributed by atoms with van der Waals surface area (Å²) >= 11 is 0. The molecule has 1 amide bonds. The number of rotatable bonds is 3. The summed E-state index contributed by atoms with van der Waals surface area (Å²) in [5, 5.41) is 0. The maximum atomic E-state index is 12.0. The molecule has 1 rings (SSSR count). The zero-order chi connectivity index (χ0) is 14.6. The van der Waals surface area contributed by atoms with Gasteiger partial charge in [0.1, 0.15) is 11.3 Å². The van der Waals surface area contributed by atoms with E-state index in [1.54, 1.807) is 32.9 Å². The lowest BCUT2D eigenvalue weighted by Crippen LogP contribution is -2.37. The van der Waals surface area contributed by atoms with Crippen molar-refractivity contribution in [2.75, 3.05) is 13.6 Å². The number of ether oxygens (including phenoxy) is 1. The lowest BCUT2D eigenvalue weighted by molar-refractivity contribution is 0.0294. The second-order valence-electron chi connectivity index (χ2n) is 5.42. The van der Waals surface area contributed by atoms with Gasteiger partial charge in [0, 0.05) is 12.7 Å². The number of nitrogens with zero attached hydrogens (tertiary/aromatic N) is 2. The highest BCUT2D eigenvalue weighted by molar-refractivity contribution is 5.97. The van der Waals surface area contributed by atoms with Crippen LogP contribution in [0.15, 0.2) is 18.2 Å². The van der Waals surface area contributed by atoms with Gasteiger partial charge >= 0.3 is 6.09 Å². The fourth-order valence-corrected chi connectivity index (χ4v) is 1.40. The number of aromatic nitrogens is 1. The number of pyridine rings is 1. The third kappa shape index (κ3) is 5.07. The average molecular weight is 264 g/mol. The van der Waals surface area contributed by atoms with Crippen molar-refractivity contribution in [3.63, 3.8) is 0 Å². The second kappa shape index (κ2) is 5.82. The maximum absolute atomic E-state index is 12.0. The highest BCUT2D eigenvalue weighted by atomic mass is 16.6. The number of hydrogen-bond acceptors (Lipinski definition) is 4. The molecule has 0 spiro atoms. The first kappa shape index (κ1) is 15.1. The molecule has 0 N–H and O–H groups in total. The predicted octanol–water partition coefficient (Wildman–Crippen LogP) is 2.44. The first-order chi connectivity index (χ1) is 8.69. The van der Waals surface area contributed by atoms with E-state index in [0.717, 1.165) is 5.69 Å². The van der Waals surface area contributed by atoms with Crippen LogP contribution in [0.4, 0.5) is 4.79 Å². The Kier molecular flexibility index (Phi) is 4.64. The smallest absolute Gasteiger partial charge is 0.410 e. The predicted molar refractivity (Wildman–Crippen MR) is 72.2 cm³/mol. The van der Waals surface area contributed by atoms with Crippen molar-refractivity contribution in [3.8, 4) is 0 Å². The van der Waals surface area contributed by atoms with Crippen molar-refractivity contribution in [2.24, 2.45) is 0 Å². The van der Waals surface area contributed by atoms with Crippen molar-refractivity contribution >= 4 is 11.9 Å². The summed E-state index contributed by atoms with van der Waals surface area (Å²) < 4.78 is 5.17. The summed E-state index contributed by atoms with van der Waals surface area (Å²) in [5.41, 5.74) is 0.553. The van der Waals surface area contributed by atoms with Gasteiger partial charge < -0.3 is 9.64 Å². The van der Waals surface area contributed by atoms with Gasteiger partial charge in [-0.3, -0.25) is 4.79 Å². The van der Waals surface area contributed by atoms with Gasteiger partial charge in [-0.2, -0.15) is 0 Å². The zero-order valence-corrected chi connectivity index (χ0v) is 12.1. The molecule has 0 aliphatic rings. The van der Waals surface area contributed by atoms with E-state index in [0.29, 0.717) is 5.69 Å². The Morgan fingerprint density at radius 1 is 1.32 bits per heavy atom. The summed E-state index contributed by atoms with van der Waals surface area (Å²) in [5.74, 6) is -0.211. The molecular formula is C14H20N2O3. The first-order valence-corrected chi connectivity index (χ1v) is 6.10. The van der Waals surface area contributed by atoms with Gasteiger partial charge in [-0.1, -0.05) is 6.07 Å². The summed E-state index contributed by atoms with van der Waals surface area (Å²) in [6.45, 7) is 7.10. The molecule has 1 aromatic heterocycles. The summed E-state index contributed by atoms with van der Waals surface area (Å²) in [6, 6.07) is 5.22. The van der Waals surface area contributed by atoms with Gasteiger partial charge in [-0.25, -0.2) is 9.78 Å². The van der Waals surface area contributed by atoms with Gasteiger partial charge in [0.25, 0.3) is 0 Å². The van der Waals surface area contributed by atoms with Gasteiger partial charge in [0.05, 0.1) is 6.54 Å². The van der Waals surface area contributed by atoms with Crippen LogP contribution in [0.25, 0.3) is 0 Å². The average Bonchev–Trinajstić information content (AvgIpc) is 2.26. The molecule has 0 radical (unpaired) electrons. The molecule has 0 saturated carbocycles. The molecule has 1 aromatic rings. The Hall–Kier alpha value is -1.91. The van der Waals surface area contributed by atoms with Crippen LogP contribution in [0.1, 0.15) is 37.0 Å². The summed E-state index contributed by atoms with van der Waals surface area (Å²) in [4.78, 5) is 29.1. The highest BCUT2D eigenvalue weighted by Gasteiger charge is 2.21. The molecule has 0 aromatic carbocycles. The van der Waals surface area contributed by atoms with Crippen molar-refractivity contribution in [3.05, 3.63) is 29.6 Å². The molecule has 5 nitrogen and oxygen atoms in total. The molecule has 1 heterocycles. The van der Waals surface area contributed by atoms with Gasteiger partial charge in [0.15, 0.2) is 0 Å². The molecule has 0 aliphatic carbocycles.